The Labute approximate surface area is 196 Å². The number of hydrogen-bond donors (Lipinski definition) is 1. The van der Waals surface area contributed by atoms with Crippen LogP contribution in [0, 0.1) is 0 Å². The monoisotopic (exact) mass is 465 g/mol. The molecule has 1 amide bonds. The summed E-state index contributed by atoms with van der Waals surface area (Å²) >= 11 is 6.54. The molecule has 7 nitrogen and oxygen atoms in total. The first-order valence-electron chi connectivity index (χ1n) is 10.2. The van der Waals surface area contributed by atoms with Crippen LogP contribution in [0.5, 0.6) is 11.5 Å². The van der Waals surface area contributed by atoms with E-state index in [4.69, 9.17) is 16.3 Å². The third-order valence-electron chi connectivity index (χ3n) is 5.66. The highest BCUT2D eigenvalue weighted by Crippen LogP contribution is 2.40. The van der Waals surface area contributed by atoms with E-state index in [-0.39, 0.29) is 26.4 Å². The highest BCUT2D eigenvalue weighted by molar-refractivity contribution is 6.32. The Bertz CT molecular complexity index is 1270. The van der Waals surface area contributed by atoms with Gasteiger partial charge in [-0.1, -0.05) is 67.6 Å². The lowest BCUT2D eigenvalue weighted by molar-refractivity contribution is 0.0701. The number of rotatable bonds is 1. The molecule has 0 saturated carbocycles. The van der Waals surface area contributed by atoms with E-state index in [1.54, 1.807) is 15.6 Å². The maximum atomic E-state index is 13.2. The Morgan fingerprint density at radius 2 is 1.79 bits per heavy atom. The smallest absolute Gasteiger partial charge is 0.278 e. The van der Waals surface area contributed by atoms with Crippen molar-refractivity contribution in [1.29, 1.82) is 0 Å². The highest BCUT2D eigenvalue weighted by atomic mass is 35.5. The van der Waals surface area contributed by atoms with Crippen molar-refractivity contribution >= 4 is 17.5 Å². The summed E-state index contributed by atoms with van der Waals surface area (Å²) in [6.07, 6.45) is 5.16. The molecule has 5 rings (SSSR count). The van der Waals surface area contributed by atoms with Gasteiger partial charge in [-0.15, -0.1) is 0 Å². The van der Waals surface area contributed by atoms with Gasteiger partial charge in [0.1, 0.15) is 25.1 Å². The molecule has 8 heteroatoms. The number of ether oxygens (including phenoxy) is 1. The number of aromatic nitrogens is 1. The number of carbonyl (C=O) groups excluding carboxylic acids is 1. The summed E-state index contributed by atoms with van der Waals surface area (Å²) in [4.78, 5) is 26.9. The fourth-order valence-corrected chi connectivity index (χ4v) is 4.41. The van der Waals surface area contributed by atoms with E-state index in [9.17, 15) is 14.7 Å². The summed E-state index contributed by atoms with van der Waals surface area (Å²) in [5, 5.41) is 12.9. The van der Waals surface area contributed by atoms with Crippen molar-refractivity contribution < 1.29 is 14.6 Å². The summed E-state index contributed by atoms with van der Waals surface area (Å²) in [6, 6.07) is 16.2. The Hall–Kier alpha value is -3.71. The van der Waals surface area contributed by atoms with Crippen molar-refractivity contribution in [3.8, 4) is 11.5 Å². The Kier molecular flexibility index (Phi) is 6.16. The van der Waals surface area contributed by atoms with Gasteiger partial charge in [0.25, 0.3) is 5.91 Å². The second-order valence-electron chi connectivity index (χ2n) is 7.58. The lowest BCUT2D eigenvalue weighted by Gasteiger charge is -2.43. The van der Waals surface area contributed by atoms with Crippen LogP contribution in [-0.2, 0) is 0 Å². The van der Waals surface area contributed by atoms with Crippen LogP contribution in [-0.4, -0.2) is 40.4 Å². The number of fused-ring (bicyclic) bond motifs is 5. The van der Waals surface area contributed by atoms with Gasteiger partial charge in [-0.2, -0.15) is 0 Å². The maximum Gasteiger partial charge on any atom is 0.278 e. The van der Waals surface area contributed by atoms with Crippen LogP contribution >= 0.6 is 11.6 Å². The molecule has 0 fully saturated rings. The predicted molar refractivity (Wildman–Crippen MR) is 128 cm³/mol. The minimum atomic E-state index is -0.603. The number of para-hydroxylation sites is 1. The molecule has 0 radical (unpaired) electrons. The van der Waals surface area contributed by atoms with Crippen LogP contribution in [0.3, 0.4) is 0 Å². The number of nitrogens with zero attached hydrogens (tertiary/aromatic N) is 3. The van der Waals surface area contributed by atoms with Crippen molar-refractivity contribution in [1.82, 2.24) is 9.58 Å². The van der Waals surface area contributed by atoms with Crippen LogP contribution in [0.25, 0.3) is 0 Å². The normalized spacial score (nSPS) is 18.2. The second-order valence-corrected chi connectivity index (χ2v) is 7.99. The molecule has 2 aliphatic rings. The number of halogens is 1. The topological polar surface area (TPSA) is 75.0 Å². The summed E-state index contributed by atoms with van der Waals surface area (Å²) in [7, 11) is 0. The van der Waals surface area contributed by atoms with Gasteiger partial charge < -0.3 is 14.7 Å². The van der Waals surface area contributed by atoms with Crippen molar-refractivity contribution in [2.75, 3.05) is 24.8 Å². The minimum absolute atomic E-state index is 0. The number of pyridine rings is 1. The zero-order valence-corrected chi connectivity index (χ0v) is 17.8. The Balaban J connectivity index is 0.00000259. The molecule has 0 spiro atoms. The van der Waals surface area contributed by atoms with E-state index in [1.165, 1.54) is 12.3 Å². The molecule has 0 unspecified atom stereocenters. The fourth-order valence-electron chi connectivity index (χ4n) is 4.18. The fraction of sp³-hybridized carbons (Fsp3) is 0.200. The summed E-state index contributed by atoms with van der Waals surface area (Å²) < 4.78 is 7.61. The average Bonchev–Trinajstić information content (AvgIpc) is 2.83. The van der Waals surface area contributed by atoms with E-state index in [1.807, 2.05) is 59.6 Å². The van der Waals surface area contributed by atoms with Crippen molar-refractivity contribution in [2.24, 2.45) is 0 Å². The lowest BCUT2D eigenvalue weighted by Crippen LogP contribution is -2.55. The first-order chi connectivity index (χ1) is 15.6. The van der Waals surface area contributed by atoms with Crippen LogP contribution < -0.4 is 15.2 Å². The standard InChI is InChI=1S/C24H20ClN3O4.CH4/c25-18-10-6-9-17-20(16-7-2-1-3-8-16)28-15-26(12-4-5-14-32-23(17)18)24(31)21-22(30)19(29)11-13-27(21)28;/h1-11,13,20,30H,12,14-15H2;1H4/b5-4-;/t20-;/m0./s1. The van der Waals surface area contributed by atoms with Crippen LogP contribution in [0.2, 0.25) is 5.02 Å². The Morgan fingerprint density at radius 3 is 2.58 bits per heavy atom. The van der Waals surface area contributed by atoms with Gasteiger partial charge in [-0.25, -0.2) is 0 Å². The Morgan fingerprint density at radius 1 is 1.00 bits per heavy atom. The number of aromatic hydroxyl groups is 1. The first kappa shape index (κ1) is 22.5. The van der Waals surface area contributed by atoms with E-state index < -0.39 is 23.1 Å². The molecule has 2 aliphatic heterocycles. The molecule has 3 heterocycles. The van der Waals surface area contributed by atoms with Crippen molar-refractivity contribution in [3.05, 3.63) is 105 Å². The van der Waals surface area contributed by atoms with Gasteiger partial charge in [0.2, 0.25) is 5.43 Å². The summed E-state index contributed by atoms with van der Waals surface area (Å²) in [5.41, 5.74) is 1.07. The highest BCUT2D eigenvalue weighted by Gasteiger charge is 2.37. The van der Waals surface area contributed by atoms with Gasteiger partial charge in [0, 0.05) is 24.4 Å². The molecule has 2 aromatic carbocycles. The molecular weight excluding hydrogens is 442 g/mol. The molecule has 1 aromatic heterocycles. The van der Waals surface area contributed by atoms with E-state index in [0.717, 1.165) is 11.1 Å². The molecule has 0 aliphatic carbocycles. The SMILES string of the molecule is C.O=C1c2c(O)c(=O)ccn2N2CN1C/C=C\COc1c(Cl)cccc1[C@@H]2c1ccccc1. The number of benzene rings is 2. The molecule has 1 N–H and O–H groups in total. The van der Waals surface area contributed by atoms with Crippen molar-refractivity contribution in [3.63, 3.8) is 0 Å². The molecule has 0 saturated heterocycles. The van der Waals surface area contributed by atoms with Gasteiger partial charge in [0.05, 0.1) is 5.02 Å². The number of amides is 1. The number of hydrogen-bond acceptors (Lipinski definition) is 5. The van der Waals surface area contributed by atoms with E-state index >= 15 is 0 Å². The van der Waals surface area contributed by atoms with Crippen LogP contribution in [0.15, 0.2) is 77.7 Å². The molecule has 33 heavy (non-hydrogen) atoms. The molecule has 170 valence electrons. The van der Waals surface area contributed by atoms with E-state index in [0.29, 0.717) is 17.3 Å². The molecule has 1 atom stereocenters. The van der Waals surface area contributed by atoms with E-state index in [2.05, 4.69) is 0 Å². The third kappa shape index (κ3) is 3.85. The molecule has 3 aromatic rings. The van der Waals surface area contributed by atoms with Gasteiger partial charge in [-0.05, 0) is 17.7 Å². The van der Waals surface area contributed by atoms with Crippen LogP contribution in [0.4, 0.5) is 0 Å². The zero-order valence-electron chi connectivity index (χ0n) is 17.0. The van der Waals surface area contributed by atoms with Gasteiger partial charge in [-0.3, -0.25) is 19.3 Å². The average molecular weight is 466 g/mol. The first-order valence-corrected chi connectivity index (χ1v) is 10.6. The second kappa shape index (κ2) is 9.03. The predicted octanol–water partition coefficient (Wildman–Crippen LogP) is 3.93. The molecular formula is C25H24ClN3O4. The maximum absolute atomic E-state index is 13.2. The van der Waals surface area contributed by atoms with Crippen molar-refractivity contribution in [2.45, 2.75) is 13.5 Å². The van der Waals surface area contributed by atoms with Gasteiger partial charge >= 0.3 is 0 Å². The lowest BCUT2D eigenvalue weighted by atomic mass is 9.97. The summed E-state index contributed by atoms with van der Waals surface area (Å²) in [5.74, 6) is -0.440. The quantitative estimate of drug-likeness (QED) is 0.551. The number of carbonyl (C=O) groups is 1. The zero-order chi connectivity index (χ0) is 22.2. The summed E-state index contributed by atoms with van der Waals surface area (Å²) in [6.45, 7) is 0.813. The third-order valence-corrected chi connectivity index (χ3v) is 5.96. The molecule has 2 bridgehead atoms. The van der Waals surface area contributed by atoms with Crippen LogP contribution in [0.1, 0.15) is 35.1 Å². The van der Waals surface area contributed by atoms with Gasteiger partial charge in [0.15, 0.2) is 11.4 Å². The largest absolute Gasteiger partial charge is 0.502 e. The minimum Gasteiger partial charge on any atom is -0.502 e.